The number of aromatic hydroxyl groups is 1. The molecule has 24 heavy (non-hydrogen) atoms. The molecule has 0 bridgehead atoms. The minimum Gasteiger partial charge on any atom is -0.508 e. The van der Waals surface area contributed by atoms with E-state index in [9.17, 15) is 9.90 Å². The summed E-state index contributed by atoms with van der Waals surface area (Å²) in [6.07, 6.45) is 1.82. The summed E-state index contributed by atoms with van der Waals surface area (Å²) in [5.74, 6) is 0.554. The second kappa shape index (κ2) is 5.81. The van der Waals surface area contributed by atoms with Crippen LogP contribution in [-0.2, 0) is 0 Å². The Balaban J connectivity index is 1.72. The lowest BCUT2D eigenvalue weighted by Gasteiger charge is -2.10. The molecule has 4 rings (SSSR count). The van der Waals surface area contributed by atoms with Crippen molar-refractivity contribution in [3.63, 3.8) is 0 Å². The maximum Gasteiger partial charge on any atom is 0.172 e. The fourth-order valence-electron chi connectivity index (χ4n) is 3.09. The normalized spacial score (nSPS) is 15.6. The molecule has 1 aliphatic rings. The van der Waals surface area contributed by atoms with Gasteiger partial charge in [-0.25, -0.2) is 4.98 Å². The fourth-order valence-corrected chi connectivity index (χ4v) is 3.09. The molecule has 118 valence electrons. The highest BCUT2D eigenvalue weighted by Gasteiger charge is 2.30. The second-order valence-electron chi connectivity index (χ2n) is 5.88. The SMILES string of the molecule is O=C(c1cccc(O)c1)C1CNc2ncc(-c3ccccc3)cc21. The summed E-state index contributed by atoms with van der Waals surface area (Å²) in [7, 11) is 0. The molecule has 2 heterocycles. The smallest absolute Gasteiger partial charge is 0.172 e. The molecule has 1 aromatic heterocycles. The zero-order valence-corrected chi connectivity index (χ0v) is 12.9. The summed E-state index contributed by atoms with van der Waals surface area (Å²) >= 11 is 0. The van der Waals surface area contributed by atoms with Crippen LogP contribution >= 0.6 is 0 Å². The van der Waals surface area contributed by atoms with Gasteiger partial charge in [0.05, 0.1) is 5.92 Å². The monoisotopic (exact) mass is 316 g/mol. The van der Waals surface area contributed by atoms with Crippen LogP contribution in [0.4, 0.5) is 5.82 Å². The van der Waals surface area contributed by atoms with Gasteiger partial charge in [0, 0.05) is 29.4 Å². The number of phenols is 1. The number of nitrogens with zero attached hydrogens (tertiary/aromatic N) is 1. The van der Waals surface area contributed by atoms with Gasteiger partial charge in [-0.1, -0.05) is 42.5 Å². The van der Waals surface area contributed by atoms with Gasteiger partial charge in [-0.3, -0.25) is 4.79 Å². The number of phenolic OH excluding ortho intramolecular Hbond substituents is 1. The highest BCUT2D eigenvalue weighted by Crippen LogP contribution is 2.35. The summed E-state index contributed by atoms with van der Waals surface area (Å²) in [6.45, 7) is 0.523. The molecule has 0 saturated heterocycles. The van der Waals surface area contributed by atoms with Crippen LogP contribution in [0, 0.1) is 0 Å². The van der Waals surface area contributed by atoms with E-state index in [1.165, 1.54) is 6.07 Å². The first-order chi connectivity index (χ1) is 11.7. The average molecular weight is 316 g/mol. The topological polar surface area (TPSA) is 62.2 Å². The zero-order chi connectivity index (χ0) is 16.5. The van der Waals surface area contributed by atoms with E-state index in [1.54, 1.807) is 18.2 Å². The second-order valence-corrected chi connectivity index (χ2v) is 5.88. The fraction of sp³-hybridized carbons (Fsp3) is 0.100. The standard InChI is InChI=1S/C20H16N2O2/c23-16-8-4-7-14(9-16)19(24)18-12-22-20-17(18)10-15(11-21-20)13-5-2-1-3-6-13/h1-11,18,23H,12H2,(H,21,22). The Kier molecular flexibility index (Phi) is 3.50. The number of nitrogens with one attached hydrogen (secondary N) is 1. The van der Waals surface area contributed by atoms with Crippen molar-refractivity contribution in [1.82, 2.24) is 4.98 Å². The van der Waals surface area contributed by atoms with Crippen LogP contribution < -0.4 is 5.32 Å². The van der Waals surface area contributed by atoms with E-state index >= 15 is 0 Å². The van der Waals surface area contributed by atoms with Crippen molar-refractivity contribution in [2.75, 3.05) is 11.9 Å². The van der Waals surface area contributed by atoms with E-state index in [2.05, 4.69) is 10.3 Å². The molecule has 0 saturated carbocycles. The van der Waals surface area contributed by atoms with Gasteiger partial charge in [-0.2, -0.15) is 0 Å². The van der Waals surface area contributed by atoms with Crippen LogP contribution in [0.3, 0.4) is 0 Å². The lowest BCUT2D eigenvalue weighted by molar-refractivity contribution is 0.0966. The van der Waals surface area contributed by atoms with Crippen molar-refractivity contribution in [3.05, 3.63) is 78.0 Å². The van der Waals surface area contributed by atoms with Crippen molar-refractivity contribution in [1.29, 1.82) is 0 Å². The molecule has 0 spiro atoms. The minimum atomic E-state index is -0.294. The van der Waals surface area contributed by atoms with Crippen molar-refractivity contribution >= 4 is 11.6 Å². The number of hydrogen-bond acceptors (Lipinski definition) is 4. The third-order valence-corrected chi connectivity index (χ3v) is 4.32. The van der Waals surface area contributed by atoms with Gasteiger partial charge in [-0.05, 0) is 23.8 Å². The Morgan fingerprint density at radius 2 is 1.88 bits per heavy atom. The molecule has 0 amide bonds. The number of ketones is 1. The van der Waals surface area contributed by atoms with E-state index < -0.39 is 0 Å². The Hall–Kier alpha value is -3.14. The summed E-state index contributed by atoms with van der Waals surface area (Å²) in [5.41, 5.74) is 3.49. The number of Topliss-reactive ketones (excluding diaryl/α,β-unsaturated/α-hetero) is 1. The van der Waals surface area contributed by atoms with Gasteiger partial charge in [0.15, 0.2) is 5.78 Å². The van der Waals surface area contributed by atoms with E-state index in [-0.39, 0.29) is 17.5 Å². The first-order valence-corrected chi connectivity index (χ1v) is 7.85. The van der Waals surface area contributed by atoms with E-state index in [0.29, 0.717) is 12.1 Å². The van der Waals surface area contributed by atoms with Gasteiger partial charge < -0.3 is 10.4 Å². The first kappa shape index (κ1) is 14.5. The number of pyridine rings is 1. The van der Waals surface area contributed by atoms with Gasteiger partial charge in [0.25, 0.3) is 0 Å². The van der Waals surface area contributed by atoms with Gasteiger partial charge in [0.2, 0.25) is 0 Å². The molecule has 2 N–H and O–H groups in total. The van der Waals surface area contributed by atoms with Crippen LogP contribution in [0.2, 0.25) is 0 Å². The molecule has 2 aromatic carbocycles. The number of benzene rings is 2. The molecular weight excluding hydrogens is 300 g/mol. The maximum absolute atomic E-state index is 12.8. The molecular formula is C20H16N2O2. The highest BCUT2D eigenvalue weighted by molar-refractivity contribution is 6.03. The van der Waals surface area contributed by atoms with Crippen molar-refractivity contribution in [2.24, 2.45) is 0 Å². The Morgan fingerprint density at radius 1 is 1.04 bits per heavy atom. The van der Waals surface area contributed by atoms with Crippen molar-refractivity contribution in [3.8, 4) is 16.9 Å². The van der Waals surface area contributed by atoms with Crippen LogP contribution in [0.1, 0.15) is 21.8 Å². The third kappa shape index (κ3) is 2.52. The Bertz CT molecular complexity index is 907. The lowest BCUT2D eigenvalue weighted by atomic mass is 9.91. The number of fused-ring (bicyclic) bond motifs is 1. The maximum atomic E-state index is 12.8. The quantitative estimate of drug-likeness (QED) is 0.721. The van der Waals surface area contributed by atoms with E-state index in [4.69, 9.17) is 0 Å². The molecule has 0 radical (unpaired) electrons. The summed E-state index contributed by atoms with van der Waals surface area (Å²) in [5, 5.41) is 12.8. The molecule has 1 unspecified atom stereocenters. The van der Waals surface area contributed by atoms with Crippen LogP contribution in [-0.4, -0.2) is 22.4 Å². The highest BCUT2D eigenvalue weighted by atomic mass is 16.3. The number of rotatable bonds is 3. The Morgan fingerprint density at radius 3 is 2.67 bits per heavy atom. The van der Waals surface area contributed by atoms with Gasteiger partial charge in [0.1, 0.15) is 11.6 Å². The Labute approximate surface area is 139 Å². The summed E-state index contributed by atoms with van der Waals surface area (Å²) in [4.78, 5) is 17.3. The number of anilines is 1. The largest absolute Gasteiger partial charge is 0.508 e. The van der Waals surface area contributed by atoms with Crippen LogP contribution in [0.25, 0.3) is 11.1 Å². The molecule has 1 aliphatic heterocycles. The lowest BCUT2D eigenvalue weighted by Crippen LogP contribution is -2.14. The van der Waals surface area contributed by atoms with Crippen LogP contribution in [0.15, 0.2) is 66.9 Å². The number of hydrogen-bond donors (Lipinski definition) is 2. The summed E-state index contributed by atoms with van der Waals surface area (Å²) < 4.78 is 0. The molecule has 0 aliphatic carbocycles. The summed E-state index contributed by atoms with van der Waals surface area (Å²) in [6, 6.07) is 18.5. The molecule has 1 atom stereocenters. The molecule has 4 nitrogen and oxygen atoms in total. The number of carbonyl (C=O) groups is 1. The third-order valence-electron chi connectivity index (χ3n) is 4.32. The predicted octanol–water partition coefficient (Wildman–Crippen LogP) is 3.85. The average Bonchev–Trinajstić information content (AvgIpc) is 3.05. The van der Waals surface area contributed by atoms with Gasteiger partial charge >= 0.3 is 0 Å². The van der Waals surface area contributed by atoms with E-state index in [0.717, 1.165) is 22.5 Å². The van der Waals surface area contributed by atoms with Crippen molar-refractivity contribution in [2.45, 2.75) is 5.92 Å². The minimum absolute atomic E-state index is 0.0100. The molecule has 3 aromatic rings. The number of aromatic nitrogens is 1. The first-order valence-electron chi connectivity index (χ1n) is 7.85. The van der Waals surface area contributed by atoms with Crippen LogP contribution in [0.5, 0.6) is 5.75 Å². The number of carbonyl (C=O) groups excluding carboxylic acids is 1. The molecule has 4 heteroatoms. The zero-order valence-electron chi connectivity index (χ0n) is 12.9. The van der Waals surface area contributed by atoms with E-state index in [1.807, 2.05) is 42.6 Å². The van der Waals surface area contributed by atoms with Gasteiger partial charge in [-0.15, -0.1) is 0 Å². The van der Waals surface area contributed by atoms with Crippen molar-refractivity contribution < 1.29 is 9.90 Å². The predicted molar refractivity (Wildman–Crippen MR) is 93.3 cm³/mol. The molecule has 0 fully saturated rings.